The number of rotatable bonds is 1. The third-order valence-electron chi connectivity index (χ3n) is 2.66. The summed E-state index contributed by atoms with van der Waals surface area (Å²) < 4.78 is 9.46. The summed E-state index contributed by atoms with van der Waals surface area (Å²) in [5.41, 5.74) is 7.53. The highest BCUT2D eigenvalue weighted by molar-refractivity contribution is 7.03. The van der Waals surface area contributed by atoms with E-state index in [0.29, 0.717) is 13.1 Å². The molecular formula is C13H19N3O2S. The second-order valence-electron chi connectivity index (χ2n) is 5.63. The van der Waals surface area contributed by atoms with Gasteiger partial charge in [-0.1, -0.05) is 6.08 Å². The first-order chi connectivity index (χ1) is 8.85. The number of carbonyl (C=O) groups excluding carboxylic acids is 1. The van der Waals surface area contributed by atoms with Gasteiger partial charge in [0.15, 0.2) is 0 Å². The second kappa shape index (κ2) is 5.30. The van der Waals surface area contributed by atoms with Crippen LogP contribution in [-0.2, 0) is 4.74 Å². The first-order valence-corrected chi connectivity index (χ1v) is 7.03. The van der Waals surface area contributed by atoms with E-state index in [0.717, 1.165) is 11.1 Å². The molecule has 104 valence electrons. The standard InChI is InChI=1S/C13H19N3O2S/c1-13(2,3)18-12(17)16-6-9(4-11(14)7-16)10-5-15-19-8-10/h4-5,8,11H,6-7,14H2,1-3H3. The van der Waals surface area contributed by atoms with Crippen LogP contribution in [0.1, 0.15) is 26.3 Å². The van der Waals surface area contributed by atoms with Crippen molar-refractivity contribution < 1.29 is 9.53 Å². The van der Waals surface area contributed by atoms with Crippen LogP contribution < -0.4 is 5.73 Å². The minimum atomic E-state index is -0.494. The van der Waals surface area contributed by atoms with Crippen LogP contribution in [0.15, 0.2) is 17.7 Å². The van der Waals surface area contributed by atoms with Gasteiger partial charge in [0.1, 0.15) is 5.60 Å². The van der Waals surface area contributed by atoms with Crippen molar-refractivity contribution in [2.45, 2.75) is 32.4 Å². The fourth-order valence-electron chi connectivity index (χ4n) is 1.91. The molecule has 1 atom stereocenters. The highest BCUT2D eigenvalue weighted by Gasteiger charge is 2.27. The fraction of sp³-hybridized carbons (Fsp3) is 0.538. The summed E-state index contributed by atoms with van der Waals surface area (Å²) in [6.07, 6.45) is 3.46. The minimum Gasteiger partial charge on any atom is -0.444 e. The zero-order valence-corrected chi connectivity index (χ0v) is 12.2. The average molecular weight is 281 g/mol. The van der Waals surface area contributed by atoms with Crippen molar-refractivity contribution in [3.05, 3.63) is 23.2 Å². The lowest BCUT2D eigenvalue weighted by molar-refractivity contribution is 0.0265. The van der Waals surface area contributed by atoms with E-state index in [9.17, 15) is 4.79 Å². The molecule has 5 nitrogen and oxygen atoms in total. The van der Waals surface area contributed by atoms with Crippen LogP contribution >= 0.6 is 11.5 Å². The van der Waals surface area contributed by atoms with Gasteiger partial charge in [-0.25, -0.2) is 9.17 Å². The quantitative estimate of drug-likeness (QED) is 0.856. The molecular weight excluding hydrogens is 262 g/mol. The summed E-state index contributed by atoms with van der Waals surface area (Å²) in [4.78, 5) is 13.7. The largest absolute Gasteiger partial charge is 0.444 e. The maximum Gasteiger partial charge on any atom is 0.410 e. The maximum atomic E-state index is 12.1. The molecule has 0 spiro atoms. The summed E-state index contributed by atoms with van der Waals surface area (Å²) in [5.74, 6) is 0. The normalized spacial score (nSPS) is 20.1. The number of ether oxygens (including phenoxy) is 1. The van der Waals surface area contributed by atoms with Crippen molar-refractivity contribution >= 4 is 23.2 Å². The minimum absolute atomic E-state index is 0.170. The molecule has 2 heterocycles. The Balaban J connectivity index is 2.10. The van der Waals surface area contributed by atoms with Gasteiger partial charge in [-0.15, -0.1) is 0 Å². The molecule has 0 aromatic carbocycles. The fourth-order valence-corrected chi connectivity index (χ4v) is 2.47. The SMILES string of the molecule is CC(C)(C)OC(=O)N1CC(c2cnsc2)=CC(N)C1. The van der Waals surface area contributed by atoms with E-state index in [1.807, 2.05) is 32.2 Å². The molecule has 0 saturated heterocycles. The van der Waals surface area contributed by atoms with Crippen LogP contribution in [0.2, 0.25) is 0 Å². The number of hydrogen-bond donors (Lipinski definition) is 1. The van der Waals surface area contributed by atoms with E-state index in [4.69, 9.17) is 10.5 Å². The smallest absolute Gasteiger partial charge is 0.410 e. The molecule has 6 heteroatoms. The van der Waals surface area contributed by atoms with Crippen LogP contribution in [0.5, 0.6) is 0 Å². The van der Waals surface area contributed by atoms with Gasteiger partial charge in [0.2, 0.25) is 0 Å². The molecule has 0 bridgehead atoms. The molecule has 0 fully saturated rings. The first-order valence-electron chi connectivity index (χ1n) is 6.19. The Morgan fingerprint density at radius 1 is 1.58 bits per heavy atom. The predicted molar refractivity (Wildman–Crippen MR) is 75.9 cm³/mol. The van der Waals surface area contributed by atoms with Crippen LogP contribution in [0.25, 0.3) is 5.57 Å². The summed E-state index contributed by atoms with van der Waals surface area (Å²) in [6, 6.07) is -0.170. The van der Waals surface area contributed by atoms with Crippen molar-refractivity contribution in [1.29, 1.82) is 0 Å². The third kappa shape index (κ3) is 3.78. The Labute approximate surface area is 117 Å². The van der Waals surface area contributed by atoms with Crippen molar-refractivity contribution in [2.24, 2.45) is 5.73 Å². The molecule has 1 unspecified atom stereocenters. The Morgan fingerprint density at radius 3 is 2.89 bits per heavy atom. The Kier molecular flexibility index (Phi) is 3.91. The molecule has 1 aromatic rings. The predicted octanol–water partition coefficient (Wildman–Crippen LogP) is 2.10. The molecule has 1 aromatic heterocycles. The summed E-state index contributed by atoms with van der Waals surface area (Å²) in [6.45, 7) is 6.56. The number of amides is 1. The van der Waals surface area contributed by atoms with E-state index in [-0.39, 0.29) is 12.1 Å². The molecule has 1 amide bonds. The number of hydrogen-bond acceptors (Lipinski definition) is 5. The molecule has 1 aliphatic rings. The monoisotopic (exact) mass is 281 g/mol. The van der Waals surface area contributed by atoms with Gasteiger partial charge in [0.05, 0.1) is 0 Å². The van der Waals surface area contributed by atoms with Gasteiger partial charge in [0.25, 0.3) is 0 Å². The van der Waals surface area contributed by atoms with E-state index in [1.54, 1.807) is 11.1 Å². The van der Waals surface area contributed by atoms with Gasteiger partial charge >= 0.3 is 6.09 Å². The molecule has 1 aliphatic heterocycles. The van der Waals surface area contributed by atoms with E-state index in [2.05, 4.69) is 4.37 Å². The lowest BCUT2D eigenvalue weighted by Crippen LogP contribution is -2.46. The van der Waals surface area contributed by atoms with Crippen molar-refractivity contribution in [1.82, 2.24) is 9.27 Å². The van der Waals surface area contributed by atoms with Crippen molar-refractivity contribution in [3.8, 4) is 0 Å². The Morgan fingerprint density at radius 2 is 2.32 bits per heavy atom. The first kappa shape index (κ1) is 14.0. The number of nitrogens with zero attached hydrogens (tertiary/aromatic N) is 2. The second-order valence-corrected chi connectivity index (χ2v) is 6.29. The molecule has 0 aliphatic carbocycles. The average Bonchev–Trinajstić information content (AvgIpc) is 2.79. The highest BCUT2D eigenvalue weighted by atomic mass is 32.1. The van der Waals surface area contributed by atoms with Gasteiger partial charge < -0.3 is 15.4 Å². The lowest BCUT2D eigenvalue weighted by Gasteiger charge is -2.32. The van der Waals surface area contributed by atoms with E-state index < -0.39 is 5.60 Å². The van der Waals surface area contributed by atoms with Gasteiger partial charge in [0, 0.05) is 36.3 Å². The van der Waals surface area contributed by atoms with Crippen LogP contribution in [0.4, 0.5) is 4.79 Å². The van der Waals surface area contributed by atoms with Crippen LogP contribution in [0.3, 0.4) is 0 Å². The molecule has 2 N–H and O–H groups in total. The van der Waals surface area contributed by atoms with Crippen molar-refractivity contribution in [3.63, 3.8) is 0 Å². The Bertz CT molecular complexity index is 477. The number of nitrogens with two attached hydrogens (primary N) is 1. The Hall–Kier alpha value is -1.40. The summed E-state index contributed by atoms with van der Waals surface area (Å²) in [5, 5.41) is 1.96. The number of aromatic nitrogens is 1. The van der Waals surface area contributed by atoms with E-state index in [1.165, 1.54) is 11.5 Å². The molecule has 19 heavy (non-hydrogen) atoms. The van der Waals surface area contributed by atoms with Gasteiger partial charge in [-0.2, -0.15) is 0 Å². The maximum absolute atomic E-state index is 12.1. The molecule has 0 radical (unpaired) electrons. The van der Waals surface area contributed by atoms with Gasteiger partial charge in [-0.3, -0.25) is 0 Å². The van der Waals surface area contributed by atoms with Crippen molar-refractivity contribution in [2.75, 3.05) is 13.1 Å². The summed E-state index contributed by atoms with van der Waals surface area (Å²) in [7, 11) is 0. The van der Waals surface area contributed by atoms with Crippen LogP contribution in [-0.4, -0.2) is 40.1 Å². The lowest BCUT2D eigenvalue weighted by atomic mass is 10.0. The molecule has 0 saturated carbocycles. The topological polar surface area (TPSA) is 68.5 Å². The number of carbonyl (C=O) groups is 1. The zero-order chi connectivity index (χ0) is 14.0. The molecule has 2 rings (SSSR count). The van der Waals surface area contributed by atoms with Gasteiger partial charge in [-0.05, 0) is 37.9 Å². The zero-order valence-electron chi connectivity index (χ0n) is 11.4. The third-order valence-corrected chi connectivity index (χ3v) is 3.25. The highest BCUT2D eigenvalue weighted by Crippen LogP contribution is 2.22. The summed E-state index contributed by atoms with van der Waals surface area (Å²) >= 11 is 1.39. The van der Waals surface area contributed by atoms with Crippen LogP contribution in [0, 0.1) is 0 Å². The van der Waals surface area contributed by atoms with E-state index >= 15 is 0 Å².